The van der Waals surface area contributed by atoms with Crippen molar-refractivity contribution in [1.82, 2.24) is 0 Å². The second-order valence-corrected chi connectivity index (χ2v) is 13.6. The van der Waals surface area contributed by atoms with Crippen molar-refractivity contribution in [3.8, 4) is 11.5 Å². The predicted molar refractivity (Wildman–Crippen MR) is 161 cm³/mol. The van der Waals surface area contributed by atoms with Gasteiger partial charge in [0.05, 0.1) is 25.3 Å². The van der Waals surface area contributed by atoms with Crippen molar-refractivity contribution in [2.75, 3.05) is 31.9 Å². The number of methoxy groups -OCH3 is 2. The topological polar surface area (TPSA) is 25.6 Å². The summed E-state index contributed by atoms with van der Waals surface area (Å²) in [6, 6.07) is 12.9. The highest BCUT2D eigenvalue weighted by Gasteiger charge is 2.30. The van der Waals surface area contributed by atoms with E-state index in [4.69, 9.17) is 9.47 Å². The molecule has 7 heteroatoms. The molecule has 0 saturated carbocycles. The molecule has 2 heterocycles. The molecule has 37 heavy (non-hydrogen) atoms. The number of hydrogen-bond donors (Lipinski definition) is 0. The molecule has 2 unspecified atom stereocenters. The van der Waals surface area contributed by atoms with Gasteiger partial charge in [-0.2, -0.15) is 4.57 Å². The van der Waals surface area contributed by atoms with E-state index in [2.05, 4.69) is 78.6 Å². The summed E-state index contributed by atoms with van der Waals surface area (Å²) >= 11 is 6.04. The van der Waals surface area contributed by atoms with Crippen molar-refractivity contribution in [3.05, 3.63) is 51.9 Å². The second kappa shape index (κ2) is 11.9. The molecule has 4 nitrogen and oxygen atoms in total. The Kier molecular flexibility index (Phi) is 8.62. The molecule has 2 aliphatic rings. The molecule has 1 aliphatic heterocycles. The maximum Gasteiger partial charge on any atom is 0.238 e. The van der Waals surface area contributed by atoms with Gasteiger partial charge in [-0.25, -0.2) is 0 Å². The monoisotopic (exact) mass is 555 g/mol. The Morgan fingerprint density at radius 3 is 2.62 bits per heavy atom. The lowest BCUT2D eigenvalue weighted by atomic mass is 9.85. The summed E-state index contributed by atoms with van der Waals surface area (Å²) in [6.07, 6.45) is 8.72. The van der Waals surface area contributed by atoms with E-state index in [1.807, 2.05) is 23.1 Å². The highest BCUT2D eigenvalue weighted by Crippen LogP contribution is 2.48. The molecule has 0 saturated heterocycles. The van der Waals surface area contributed by atoms with Crippen LogP contribution in [-0.2, 0) is 13.5 Å². The van der Waals surface area contributed by atoms with Gasteiger partial charge in [-0.3, -0.25) is 0 Å². The summed E-state index contributed by atoms with van der Waals surface area (Å²) in [7, 11) is 7.96. The number of aryl methyl sites for hydroxylation is 2. The lowest BCUT2D eigenvalue weighted by Crippen LogP contribution is -2.30. The van der Waals surface area contributed by atoms with Crippen molar-refractivity contribution in [1.29, 1.82) is 0 Å². The lowest BCUT2D eigenvalue weighted by molar-refractivity contribution is -0.648. The number of aromatic nitrogens is 1. The molecular weight excluding hydrogens is 517 g/mol. The quantitative estimate of drug-likeness (QED) is 0.238. The van der Waals surface area contributed by atoms with Gasteiger partial charge in [0.2, 0.25) is 10.5 Å². The molecular formula is C30H39N2O2S3+. The van der Waals surface area contributed by atoms with Gasteiger partial charge in [-0.1, -0.05) is 35.6 Å². The number of benzene rings is 2. The average Bonchev–Trinajstić information content (AvgIpc) is 3.41. The number of thioether (sulfide) groups is 2. The summed E-state index contributed by atoms with van der Waals surface area (Å²) < 4.78 is 14.6. The smallest absolute Gasteiger partial charge is 0.238 e. The highest BCUT2D eigenvalue weighted by atomic mass is 32.2. The van der Waals surface area contributed by atoms with E-state index in [0.29, 0.717) is 11.3 Å². The van der Waals surface area contributed by atoms with Gasteiger partial charge in [0, 0.05) is 30.5 Å². The number of thiazole rings is 1. The van der Waals surface area contributed by atoms with E-state index in [1.165, 1.54) is 64.3 Å². The van der Waals surface area contributed by atoms with Crippen molar-refractivity contribution < 1.29 is 14.0 Å². The standard InChI is InChI=1S/C30H39N2O2S3/c1-6-35-30-20(10-16-28-31(2)24-14-12-22(33-4)18-26(24)36-28)8-7-9-21(30)11-17-29-32(3)25-15-13-23(34-5)19-27(25)37-29/h12-15,18-20,28H,6-11,16-17H2,1-5H3/q+1. The minimum atomic E-state index is 0.509. The van der Waals surface area contributed by atoms with E-state index in [1.54, 1.807) is 24.7 Å². The van der Waals surface area contributed by atoms with Crippen molar-refractivity contribution >= 4 is 50.8 Å². The van der Waals surface area contributed by atoms with Crippen LogP contribution in [0.5, 0.6) is 11.5 Å². The third-order valence-electron chi connectivity index (χ3n) is 7.83. The zero-order valence-corrected chi connectivity index (χ0v) is 25.2. The van der Waals surface area contributed by atoms with Gasteiger partial charge in [0.15, 0.2) is 0 Å². The normalized spacial score (nSPS) is 19.5. The molecule has 3 aromatic rings. The van der Waals surface area contributed by atoms with E-state index in [9.17, 15) is 0 Å². The van der Waals surface area contributed by atoms with Crippen LogP contribution in [0.2, 0.25) is 0 Å². The Labute approximate surface area is 234 Å². The van der Waals surface area contributed by atoms with Crippen LogP contribution in [-0.4, -0.2) is 32.4 Å². The van der Waals surface area contributed by atoms with Gasteiger partial charge < -0.3 is 14.4 Å². The first-order chi connectivity index (χ1) is 18.0. The minimum Gasteiger partial charge on any atom is -0.497 e. The maximum atomic E-state index is 5.46. The maximum absolute atomic E-state index is 5.46. The number of rotatable bonds is 10. The van der Waals surface area contributed by atoms with Gasteiger partial charge in [0.1, 0.15) is 23.2 Å². The van der Waals surface area contributed by atoms with Crippen LogP contribution in [0.4, 0.5) is 5.69 Å². The third-order valence-corrected chi connectivity index (χ3v) is 11.7. The minimum absolute atomic E-state index is 0.509. The van der Waals surface area contributed by atoms with Gasteiger partial charge >= 0.3 is 0 Å². The Morgan fingerprint density at radius 2 is 1.84 bits per heavy atom. The fourth-order valence-electron chi connectivity index (χ4n) is 5.77. The van der Waals surface area contributed by atoms with Crippen LogP contribution in [0.25, 0.3) is 10.2 Å². The molecule has 0 amide bonds. The van der Waals surface area contributed by atoms with Crippen LogP contribution in [0.15, 0.2) is 51.8 Å². The number of nitrogens with zero attached hydrogens (tertiary/aromatic N) is 2. The zero-order chi connectivity index (χ0) is 25.9. The molecule has 1 aromatic heterocycles. The number of ether oxygens (including phenoxy) is 2. The first-order valence-corrected chi connectivity index (χ1v) is 16.1. The average molecular weight is 556 g/mol. The highest BCUT2D eigenvalue weighted by molar-refractivity contribution is 8.03. The fourth-order valence-corrected chi connectivity index (χ4v) is 9.48. The molecule has 0 N–H and O–H groups in total. The second-order valence-electron chi connectivity index (χ2n) is 9.97. The molecule has 0 radical (unpaired) electrons. The van der Waals surface area contributed by atoms with Crippen LogP contribution >= 0.6 is 34.9 Å². The number of fused-ring (bicyclic) bond motifs is 2. The van der Waals surface area contributed by atoms with Gasteiger partial charge in [-0.05, 0) is 79.4 Å². The van der Waals surface area contributed by atoms with Crippen molar-refractivity contribution in [3.63, 3.8) is 0 Å². The Bertz CT molecular complexity index is 1290. The van der Waals surface area contributed by atoms with Crippen LogP contribution in [0.3, 0.4) is 0 Å². The van der Waals surface area contributed by atoms with Crippen LogP contribution in [0.1, 0.15) is 50.5 Å². The fraction of sp³-hybridized carbons (Fsp3) is 0.500. The summed E-state index contributed by atoms with van der Waals surface area (Å²) in [4.78, 5) is 5.53. The molecule has 2 atom stereocenters. The summed E-state index contributed by atoms with van der Waals surface area (Å²) in [5, 5.41) is 1.96. The molecule has 198 valence electrons. The molecule has 5 rings (SSSR count). The number of allylic oxidation sites excluding steroid dienone is 2. The van der Waals surface area contributed by atoms with Gasteiger partial charge in [0.25, 0.3) is 0 Å². The Hall–Kier alpha value is -1.83. The molecule has 0 spiro atoms. The van der Waals surface area contributed by atoms with Gasteiger partial charge in [-0.15, -0.1) is 11.8 Å². The summed E-state index contributed by atoms with van der Waals surface area (Å²) in [5.74, 6) is 3.76. The summed E-state index contributed by atoms with van der Waals surface area (Å²) in [6.45, 7) is 2.31. The van der Waals surface area contributed by atoms with Crippen LogP contribution in [0, 0.1) is 5.92 Å². The first kappa shape index (κ1) is 26.8. The van der Waals surface area contributed by atoms with E-state index >= 15 is 0 Å². The molecule has 1 aliphatic carbocycles. The Morgan fingerprint density at radius 1 is 1.05 bits per heavy atom. The number of anilines is 1. The predicted octanol–water partition coefficient (Wildman–Crippen LogP) is 7.83. The van der Waals surface area contributed by atoms with Crippen LogP contribution < -0.4 is 18.9 Å². The Balaban J connectivity index is 1.27. The van der Waals surface area contributed by atoms with Crippen molar-refractivity contribution in [2.45, 2.75) is 62.1 Å². The number of hydrogen-bond acceptors (Lipinski definition) is 6. The third kappa shape index (κ3) is 5.64. The lowest BCUT2D eigenvalue weighted by Gasteiger charge is -2.30. The first-order valence-electron chi connectivity index (χ1n) is 13.4. The van der Waals surface area contributed by atoms with E-state index < -0.39 is 0 Å². The summed E-state index contributed by atoms with van der Waals surface area (Å²) in [5.41, 5.74) is 4.36. The molecule has 0 fully saturated rings. The van der Waals surface area contributed by atoms with E-state index in [-0.39, 0.29) is 0 Å². The van der Waals surface area contributed by atoms with E-state index in [0.717, 1.165) is 23.7 Å². The van der Waals surface area contributed by atoms with Crippen molar-refractivity contribution in [2.24, 2.45) is 13.0 Å². The molecule has 0 bridgehead atoms. The SMILES string of the molecule is CCSC1=C(CCc2sc3cc(OC)ccc3[n+]2C)CCCC1CCC1Sc2cc(OC)ccc2N1C. The largest absolute Gasteiger partial charge is 0.497 e. The molecule has 2 aromatic carbocycles. The zero-order valence-electron chi connectivity index (χ0n) is 22.7.